The van der Waals surface area contributed by atoms with E-state index in [0.717, 1.165) is 12.8 Å². The smallest absolute Gasteiger partial charge is 0.344 e. The Hall–Kier alpha value is -2.24. The molecule has 1 aromatic carbocycles. The SMILES string of the molecule is CCCCOC(=O)COc1cc(C(=O)O)ccc1OC. The first-order valence-corrected chi connectivity index (χ1v) is 6.28. The summed E-state index contributed by atoms with van der Waals surface area (Å²) in [5.41, 5.74) is 0.0557. The van der Waals surface area contributed by atoms with Crippen molar-refractivity contribution in [2.75, 3.05) is 20.3 Å². The van der Waals surface area contributed by atoms with E-state index in [1.165, 1.54) is 25.3 Å². The minimum Gasteiger partial charge on any atom is -0.493 e. The van der Waals surface area contributed by atoms with Crippen molar-refractivity contribution in [2.45, 2.75) is 19.8 Å². The monoisotopic (exact) mass is 282 g/mol. The Balaban J connectivity index is 2.63. The molecular weight excluding hydrogens is 264 g/mol. The molecule has 0 radical (unpaired) electrons. The fourth-order valence-electron chi connectivity index (χ4n) is 1.43. The lowest BCUT2D eigenvalue weighted by Gasteiger charge is -2.11. The minimum absolute atomic E-state index is 0.0557. The number of aromatic carboxylic acids is 1. The van der Waals surface area contributed by atoms with E-state index >= 15 is 0 Å². The molecule has 0 saturated heterocycles. The second kappa shape index (κ2) is 8.04. The van der Waals surface area contributed by atoms with Crippen LogP contribution in [0.1, 0.15) is 30.1 Å². The lowest BCUT2D eigenvalue weighted by Crippen LogP contribution is -2.16. The van der Waals surface area contributed by atoms with Gasteiger partial charge in [-0.05, 0) is 24.6 Å². The van der Waals surface area contributed by atoms with Gasteiger partial charge in [-0.3, -0.25) is 0 Å². The zero-order chi connectivity index (χ0) is 15.0. The van der Waals surface area contributed by atoms with Crippen LogP contribution in [0.5, 0.6) is 11.5 Å². The molecule has 1 aromatic rings. The molecule has 6 heteroatoms. The maximum absolute atomic E-state index is 11.4. The summed E-state index contributed by atoms with van der Waals surface area (Å²) in [5.74, 6) is -1.03. The van der Waals surface area contributed by atoms with Gasteiger partial charge in [0.05, 0.1) is 19.3 Å². The van der Waals surface area contributed by atoms with Crippen LogP contribution in [0.15, 0.2) is 18.2 Å². The third kappa shape index (κ3) is 4.79. The van der Waals surface area contributed by atoms with E-state index in [1.54, 1.807) is 0 Å². The Morgan fingerprint density at radius 1 is 1.25 bits per heavy atom. The quantitative estimate of drug-likeness (QED) is 0.581. The van der Waals surface area contributed by atoms with Crippen molar-refractivity contribution in [1.29, 1.82) is 0 Å². The molecular formula is C14H18O6. The molecule has 0 bridgehead atoms. The van der Waals surface area contributed by atoms with Crippen LogP contribution in [0.2, 0.25) is 0 Å². The van der Waals surface area contributed by atoms with Gasteiger partial charge in [-0.2, -0.15) is 0 Å². The second-order valence-electron chi connectivity index (χ2n) is 4.03. The van der Waals surface area contributed by atoms with Crippen molar-refractivity contribution < 1.29 is 28.9 Å². The van der Waals surface area contributed by atoms with Gasteiger partial charge in [-0.1, -0.05) is 13.3 Å². The standard InChI is InChI=1S/C14H18O6/c1-3-4-7-19-13(15)9-20-12-8-10(14(16)17)5-6-11(12)18-2/h5-6,8H,3-4,7,9H2,1-2H3,(H,16,17). The number of rotatable bonds is 8. The van der Waals surface area contributed by atoms with Crippen molar-refractivity contribution in [3.63, 3.8) is 0 Å². The van der Waals surface area contributed by atoms with Crippen LogP contribution in [0.3, 0.4) is 0 Å². The van der Waals surface area contributed by atoms with Gasteiger partial charge in [0.1, 0.15) is 0 Å². The molecule has 6 nitrogen and oxygen atoms in total. The van der Waals surface area contributed by atoms with Gasteiger partial charge < -0.3 is 19.3 Å². The van der Waals surface area contributed by atoms with E-state index in [1.807, 2.05) is 6.92 Å². The summed E-state index contributed by atoms with van der Waals surface area (Å²) in [7, 11) is 1.43. The van der Waals surface area contributed by atoms with Gasteiger partial charge >= 0.3 is 11.9 Å². The third-order valence-corrected chi connectivity index (χ3v) is 2.52. The molecule has 0 atom stereocenters. The Morgan fingerprint density at radius 3 is 2.60 bits per heavy atom. The molecule has 110 valence electrons. The molecule has 0 aliphatic carbocycles. The first-order valence-electron chi connectivity index (χ1n) is 6.28. The van der Waals surface area contributed by atoms with Crippen LogP contribution in [0, 0.1) is 0 Å². The molecule has 1 N–H and O–H groups in total. The maximum atomic E-state index is 11.4. The Kier molecular flexibility index (Phi) is 6.36. The van der Waals surface area contributed by atoms with Crippen molar-refractivity contribution in [2.24, 2.45) is 0 Å². The number of ether oxygens (including phenoxy) is 3. The average molecular weight is 282 g/mol. The van der Waals surface area contributed by atoms with Crippen molar-refractivity contribution >= 4 is 11.9 Å². The number of carboxylic acid groups (broad SMARTS) is 1. The van der Waals surface area contributed by atoms with Crippen LogP contribution in [-0.2, 0) is 9.53 Å². The predicted molar refractivity (Wildman–Crippen MR) is 71.3 cm³/mol. The fourth-order valence-corrected chi connectivity index (χ4v) is 1.43. The molecule has 0 spiro atoms. The Morgan fingerprint density at radius 2 is 2.00 bits per heavy atom. The molecule has 0 aromatic heterocycles. The molecule has 0 saturated carbocycles. The number of unbranched alkanes of at least 4 members (excludes halogenated alkanes) is 1. The van der Waals surface area contributed by atoms with E-state index in [0.29, 0.717) is 12.4 Å². The highest BCUT2D eigenvalue weighted by atomic mass is 16.6. The van der Waals surface area contributed by atoms with Crippen molar-refractivity contribution in [3.05, 3.63) is 23.8 Å². The first-order chi connectivity index (χ1) is 9.58. The summed E-state index contributed by atoms with van der Waals surface area (Å²) < 4.78 is 15.2. The molecule has 0 aliphatic heterocycles. The zero-order valence-corrected chi connectivity index (χ0v) is 11.5. The zero-order valence-electron chi connectivity index (χ0n) is 11.5. The van der Waals surface area contributed by atoms with Gasteiger partial charge in [0, 0.05) is 0 Å². The first kappa shape index (κ1) is 15.8. The normalized spacial score (nSPS) is 9.90. The Bertz CT molecular complexity index is 469. The van der Waals surface area contributed by atoms with E-state index in [9.17, 15) is 9.59 Å². The van der Waals surface area contributed by atoms with E-state index < -0.39 is 11.9 Å². The number of carbonyl (C=O) groups is 2. The number of benzene rings is 1. The van der Waals surface area contributed by atoms with E-state index in [2.05, 4.69) is 0 Å². The highest BCUT2D eigenvalue weighted by Crippen LogP contribution is 2.28. The molecule has 1 rings (SSSR count). The summed E-state index contributed by atoms with van der Waals surface area (Å²) in [6.45, 7) is 2.06. The molecule has 0 aliphatic rings. The van der Waals surface area contributed by atoms with Gasteiger partial charge in [0.2, 0.25) is 0 Å². The average Bonchev–Trinajstić information content (AvgIpc) is 2.45. The number of hydrogen-bond acceptors (Lipinski definition) is 5. The number of methoxy groups -OCH3 is 1. The van der Waals surface area contributed by atoms with Crippen LogP contribution in [0.25, 0.3) is 0 Å². The van der Waals surface area contributed by atoms with Crippen LogP contribution in [-0.4, -0.2) is 37.4 Å². The Labute approximate surface area is 117 Å². The van der Waals surface area contributed by atoms with Gasteiger partial charge in [0.25, 0.3) is 0 Å². The number of esters is 1. The van der Waals surface area contributed by atoms with Crippen LogP contribution < -0.4 is 9.47 Å². The summed E-state index contributed by atoms with van der Waals surface area (Å²) in [4.78, 5) is 22.3. The van der Waals surface area contributed by atoms with E-state index in [4.69, 9.17) is 19.3 Å². The van der Waals surface area contributed by atoms with Crippen molar-refractivity contribution in [3.8, 4) is 11.5 Å². The van der Waals surface area contributed by atoms with Gasteiger partial charge in [-0.15, -0.1) is 0 Å². The van der Waals surface area contributed by atoms with Crippen LogP contribution in [0.4, 0.5) is 0 Å². The number of hydrogen-bond donors (Lipinski definition) is 1. The van der Waals surface area contributed by atoms with Gasteiger partial charge in [-0.25, -0.2) is 9.59 Å². The summed E-state index contributed by atoms with van der Waals surface area (Å²) in [5, 5.41) is 8.91. The highest BCUT2D eigenvalue weighted by Gasteiger charge is 2.12. The molecule has 0 amide bonds. The number of carbonyl (C=O) groups excluding carboxylic acids is 1. The largest absolute Gasteiger partial charge is 0.493 e. The van der Waals surface area contributed by atoms with Crippen LogP contribution >= 0.6 is 0 Å². The molecule has 0 heterocycles. The lowest BCUT2D eigenvalue weighted by molar-refractivity contribution is -0.146. The molecule has 0 fully saturated rings. The summed E-state index contributed by atoms with van der Waals surface area (Å²) in [6, 6.07) is 4.18. The third-order valence-electron chi connectivity index (χ3n) is 2.52. The fraction of sp³-hybridized carbons (Fsp3) is 0.429. The van der Waals surface area contributed by atoms with E-state index in [-0.39, 0.29) is 17.9 Å². The number of carboxylic acids is 1. The lowest BCUT2D eigenvalue weighted by atomic mass is 10.2. The highest BCUT2D eigenvalue weighted by molar-refractivity contribution is 5.88. The minimum atomic E-state index is -1.08. The summed E-state index contributed by atoms with van der Waals surface area (Å²) in [6.07, 6.45) is 1.73. The van der Waals surface area contributed by atoms with Crippen molar-refractivity contribution in [1.82, 2.24) is 0 Å². The topological polar surface area (TPSA) is 82.1 Å². The maximum Gasteiger partial charge on any atom is 0.344 e. The summed E-state index contributed by atoms with van der Waals surface area (Å²) >= 11 is 0. The molecule has 0 unspecified atom stereocenters. The second-order valence-corrected chi connectivity index (χ2v) is 4.03. The van der Waals surface area contributed by atoms with Gasteiger partial charge in [0.15, 0.2) is 18.1 Å². The predicted octanol–water partition coefficient (Wildman–Crippen LogP) is 2.12. The molecule has 20 heavy (non-hydrogen) atoms.